The number of nitrogens with zero attached hydrogens (tertiary/aromatic N) is 2. The lowest BCUT2D eigenvalue weighted by Gasteiger charge is -2.25. The van der Waals surface area contributed by atoms with E-state index in [1.54, 1.807) is 6.20 Å². The molecule has 0 radical (unpaired) electrons. The van der Waals surface area contributed by atoms with Crippen LogP contribution in [0.3, 0.4) is 0 Å². The second-order valence-corrected chi connectivity index (χ2v) is 5.95. The van der Waals surface area contributed by atoms with Gasteiger partial charge in [-0.15, -0.1) is 0 Å². The Bertz CT molecular complexity index is 528. The minimum Gasteiger partial charge on any atom is -0.311 e. The number of pyridine rings is 1. The fourth-order valence-electron chi connectivity index (χ4n) is 2.18. The van der Waals surface area contributed by atoms with E-state index in [0.717, 1.165) is 17.6 Å². The predicted molar refractivity (Wildman–Crippen MR) is 86.5 cm³/mol. The van der Waals surface area contributed by atoms with Gasteiger partial charge in [-0.2, -0.15) is 0 Å². The molecule has 3 nitrogen and oxygen atoms in total. The summed E-state index contributed by atoms with van der Waals surface area (Å²) < 4.78 is 1.02. The van der Waals surface area contributed by atoms with Crippen LogP contribution >= 0.6 is 15.9 Å². The van der Waals surface area contributed by atoms with Crippen molar-refractivity contribution in [1.82, 2.24) is 15.2 Å². The Hall–Kier alpha value is -1.23. The topological polar surface area (TPSA) is 28.2 Å². The second-order valence-electron chi connectivity index (χ2n) is 5.03. The molecular weight excluding hydrogens is 314 g/mol. The van der Waals surface area contributed by atoms with Crippen molar-refractivity contribution in [2.45, 2.75) is 12.6 Å². The van der Waals surface area contributed by atoms with Gasteiger partial charge < -0.3 is 10.2 Å². The molecule has 1 aromatic carbocycles. The van der Waals surface area contributed by atoms with Crippen molar-refractivity contribution in [3.8, 4) is 0 Å². The molecule has 2 aromatic rings. The van der Waals surface area contributed by atoms with Gasteiger partial charge in [0.2, 0.25) is 0 Å². The van der Waals surface area contributed by atoms with Gasteiger partial charge in [-0.1, -0.05) is 30.3 Å². The van der Waals surface area contributed by atoms with Crippen molar-refractivity contribution >= 4 is 15.9 Å². The van der Waals surface area contributed by atoms with E-state index in [0.29, 0.717) is 6.04 Å². The summed E-state index contributed by atoms with van der Waals surface area (Å²) in [4.78, 5) is 6.42. The maximum absolute atomic E-state index is 4.18. The molecule has 0 bridgehead atoms. The molecule has 0 aliphatic rings. The zero-order chi connectivity index (χ0) is 14.4. The minimum absolute atomic E-state index is 0.372. The second kappa shape index (κ2) is 7.53. The van der Waals surface area contributed by atoms with Crippen molar-refractivity contribution in [2.24, 2.45) is 0 Å². The van der Waals surface area contributed by atoms with Crippen molar-refractivity contribution in [3.05, 3.63) is 64.4 Å². The summed E-state index contributed by atoms with van der Waals surface area (Å²) in [5.74, 6) is 0. The molecule has 0 aliphatic heterocycles. The Balaban J connectivity index is 1.93. The fraction of sp³-hybridized carbons (Fsp3) is 0.312. The van der Waals surface area contributed by atoms with E-state index in [1.165, 1.54) is 11.1 Å². The van der Waals surface area contributed by atoms with Gasteiger partial charge in [0.25, 0.3) is 0 Å². The molecule has 1 N–H and O–H groups in total. The monoisotopic (exact) mass is 333 g/mol. The first-order valence-electron chi connectivity index (χ1n) is 6.68. The highest BCUT2D eigenvalue weighted by molar-refractivity contribution is 9.10. The summed E-state index contributed by atoms with van der Waals surface area (Å²) in [5, 5.41) is 3.51. The summed E-state index contributed by atoms with van der Waals surface area (Å²) in [6.07, 6.45) is 3.70. The van der Waals surface area contributed by atoms with Crippen LogP contribution in [0.5, 0.6) is 0 Å². The van der Waals surface area contributed by atoms with E-state index in [4.69, 9.17) is 0 Å². The number of nitrogens with one attached hydrogen (secondary N) is 1. The molecule has 4 heteroatoms. The van der Waals surface area contributed by atoms with Gasteiger partial charge in [-0.3, -0.25) is 4.98 Å². The number of halogens is 1. The van der Waals surface area contributed by atoms with Crippen LogP contribution < -0.4 is 5.32 Å². The number of likely N-dealkylation sites (N-methyl/N-ethyl adjacent to an activating group) is 1. The number of hydrogen-bond acceptors (Lipinski definition) is 3. The van der Waals surface area contributed by atoms with Gasteiger partial charge in [0.1, 0.15) is 0 Å². The maximum atomic E-state index is 4.18. The van der Waals surface area contributed by atoms with E-state index in [-0.39, 0.29) is 0 Å². The maximum Gasteiger partial charge on any atom is 0.0466 e. The molecule has 0 amide bonds. The van der Waals surface area contributed by atoms with E-state index in [2.05, 4.69) is 81.6 Å². The Kier molecular flexibility index (Phi) is 5.71. The van der Waals surface area contributed by atoms with Crippen LogP contribution in [0.15, 0.2) is 53.3 Å². The van der Waals surface area contributed by atoms with Crippen LogP contribution in [0.25, 0.3) is 0 Å². The van der Waals surface area contributed by atoms with Gasteiger partial charge in [0, 0.05) is 36.0 Å². The van der Waals surface area contributed by atoms with Crippen LogP contribution in [0.4, 0.5) is 0 Å². The molecule has 20 heavy (non-hydrogen) atoms. The van der Waals surface area contributed by atoms with Gasteiger partial charge >= 0.3 is 0 Å². The number of benzene rings is 1. The smallest absolute Gasteiger partial charge is 0.0466 e. The zero-order valence-corrected chi connectivity index (χ0v) is 13.5. The Morgan fingerprint density at radius 1 is 1.20 bits per heavy atom. The third-order valence-electron chi connectivity index (χ3n) is 3.24. The SMILES string of the molecule is CN(C)C(CNCc1cncc(Br)c1)c1ccccc1. The summed E-state index contributed by atoms with van der Waals surface area (Å²) in [7, 11) is 4.22. The molecule has 0 aliphatic carbocycles. The number of rotatable bonds is 6. The Morgan fingerprint density at radius 3 is 2.60 bits per heavy atom. The highest BCUT2D eigenvalue weighted by atomic mass is 79.9. The van der Waals surface area contributed by atoms with Crippen LogP contribution in [0.1, 0.15) is 17.2 Å². The standard InChI is InChI=1S/C16H20BrN3/c1-20(2)16(14-6-4-3-5-7-14)12-19-10-13-8-15(17)11-18-9-13/h3-9,11,16,19H,10,12H2,1-2H3. The quantitative estimate of drug-likeness (QED) is 0.879. The highest BCUT2D eigenvalue weighted by Gasteiger charge is 2.12. The summed E-state index contributed by atoms with van der Waals surface area (Å²) in [5.41, 5.74) is 2.52. The van der Waals surface area contributed by atoms with Gasteiger partial charge in [-0.05, 0) is 47.2 Å². The largest absolute Gasteiger partial charge is 0.311 e. The number of aromatic nitrogens is 1. The Labute approximate surface area is 129 Å². The third kappa shape index (κ3) is 4.40. The molecule has 0 fully saturated rings. The molecule has 1 aromatic heterocycles. The van der Waals surface area contributed by atoms with E-state index < -0.39 is 0 Å². The first kappa shape index (κ1) is 15.2. The molecule has 1 heterocycles. The van der Waals surface area contributed by atoms with E-state index in [9.17, 15) is 0 Å². The third-order valence-corrected chi connectivity index (χ3v) is 3.67. The zero-order valence-electron chi connectivity index (χ0n) is 11.9. The molecule has 1 unspecified atom stereocenters. The van der Waals surface area contributed by atoms with Crippen LogP contribution in [0, 0.1) is 0 Å². The summed E-state index contributed by atoms with van der Waals surface area (Å²) >= 11 is 3.44. The predicted octanol–water partition coefficient (Wildman–Crippen LogP) is 3.24. The average Bonchev–Trinajstić information content (AvgIpc) is 2.44. The molecule has 0 spiro atoms. The van der Waals surface area contributed by atoms with Gasteiger partial charge in [-0.25, -0.2) is 0 Å². The van der Waals surface area contributed by atoms with Crippen molar-refractivity contribution < 1.29 is 0 Å². The van der Waals surface area contributed by atoms with Crippen molar-refractivity contribution in [3.63, 3.8) is 0 Å². The van der Waals surface area contributed by atoms with Crippen LogP contribution in [0.2, 0.25) is 0 Å². The van der Waals surface area contributed by atoms with Crippen LogP contribution in [-0.2, 0) is 6.54 Å². The first-order valence-corrected chi connectivity index (χ1v) is 7.47. The molecule has 0 saturated carbocycles. The van der Waals surface area contributed by atoms with Crippen molar-refractivity contribution in [1.29, 1.82) is 0 Å². The minimum atomic E-state index is 0.372. The molecule has 1 atom stereocenters. The average molecular weight is 334 g/mol. The highest BCUT2D eigenvalue weighted by Crippen LogP contribution is 2.17. The Morgan fingerprint density at radius 2 is 1.95 bits per heavy atom. The van der Waals surface area contributed by atoms with Crippen molar-refractivity contribution in [2.75, 3.05) is 20.6 Å². The summed E-state index contributed by atoms with van der Waals surface area (Å²) in [6.45, 7) is 1.73. The lowest BCUT2D eigenvalue weighted by Crippen LogP contribution is -2.30. The van der Waals surface area contributed by atoms with E-state index >= 15 is 0 Å². The lowest BCUT2D eigenvalue weighted by atomic mass is 10.1. The van der Waals surface area contributed by atoms with E-state index in [1.807, 2.05) is 6.20 Å². The van der Waals surface area contributed by atoms with Crippen LogP contribution in [-0.4, -0.2) is 30.5 Å². The normalized spacial score (nSPS) is 12.6. The first-order chi connectivity index (χ1) is 9.66. The molecule has 0 saturated heterocycles. The molecule has 2 rings (SSSR count). The fourth-order valence-corrected chi connectivity index (χ4v) is 2.59. The molecular formula is C16H20BrN3. The lowest BCUT2D eigenvalue weighted by molar-refractivity contribution is 0.288. The van der Waals surface area contributed by atoms with Gasteiger partial charge in [0.15, 0.2) is 0 Å². The number of hydrogen-bond donors (Lipinski definition) is 1. The summed E-state index contributed by atoms with van der Waals surface area (Å²) in [6, 6.07) is 13.0. The van der Waals surface area contributed by atoms with Gasteiger partial charge in [0.05, 0.1) is 0 Å². The molecule has 106 valence electrons.